The maximum absolute atomic E-state index is 12.6. The van der Waals surface area contributed by atoms with Gasteiger partial charge >= 0.3 is 0 Å². The van der Waals surface area contributed by atoms with Crippen molar-refractivity contribution in [3.05, 3.63) is 21.8 Å². The summed E-state index contributed by atoms with van der Waals surface area (Å²) in [6.07, 6.45) is 2.93. The van der Waals surface area contributed by atoms with E-state index in [2.05, 4.69) is 10.0 Å². The Morgan fingerprint density at radius 2 is 2.26 bits per heavy atom. The first-order chi connectivity index (χ1) is 10.9. The lowest BCUT2D eigenvalue weighted by molar-refractivity contribution is -0.115. The Labute approximate surface area is 149 Å². The molecule has 0 spiro atoms. The van der Waals surface area contributed by atoms with Crippen LogP contribution in [0.5, 0.6) is 0 Å². The molecule has 7 nitrogen and oxygen atoms in total. The highest BCUT2D eigenvalue weighted by Crippen LogP contribution is 2.23. The van der Waals surface area contributed by atoms with E-state index in [1.807, 2.05) is 28.8 Å². The number of likely N-dealkylation sites (tertiary alicyclic amines) is 1. The van der Waals surface area contributed by atoms with Crippen LogP contribution < -0.4 is 10.0 Å². The van der Waals surface area contributed by atoms with Gasteiger partial charge in [-0.2, -0.15) is 5.26 Å². The molecule has 0 aromatic heterocycles. The molecule has 1 atom stereocenters. The van der Waals surface area contributed by atoms with Crippen molar-refractivity contribution in [2.24, 2.45) is 0 Å². The minimum absolute atomic E-state index is 0.127. The number of hydrogen-bond donors (Lipinski definition) is 2. The van der Waals surface area contributed by atoms with E-state index in [1.54, 1.807) is 19.1 Å². The van der Waals surface area contributed by atoms with Gasteiger partial charge in [0.1, 0.15) is 0 Å². The summed E-state index contributed by atoms with van der Waals surface area (Å²) in [5, 5.41) is 11.5. The van der Waals surface area contributed by atoms with E-state index < -0.39 is 10.0 Å². The summed E-state index contributed by atoms with van der Waals surface area (Å²) < 4.78 is 28.4. The Hall–Kier alpha value is -1.38. The lowest BCUT2D eigenvalue weighted by Gasteiger charge is -2.15. The van der Waals surface area contributed by atoms with Crippen LogP contribution in [-0.4, -0.2) is 38.4 Å². The van der Waals surface area contributed by atoms with Crippen molar-refractivity contribution in [2.75, 3.05) is 18.4 Å². The van der Waals surface area contributed by atoms with Crippen molar-refractivity contribution >= 4 is 44.2 Å². The van der Waals surface area contributed by atoms with E-state index in [1.165, 1.54) is 11.0 Å². The average molecular weight is 448 g/mol. The van der Waals surface area contributed by atoms with Crippen molar-refractivity contribution in [3.63, 3.8) is 0 Å². The second kappa shape index (κ2) is 7.46. The molecule has 1 aliphatic rings. The van der Waals surface area contributed by atoms with Crippen LogP contribution in [0.25, 0.3) is 0 Å². The van der Waals surface area contributed by atoms with E-state index in [0.29, 0.717) is 35.2 Å². The van der Waals surface area contributed by atoms with Crippen LogP contribution in [-0.2, 0) is 14.8 Å². The molecule has 124 valence electrons. The second-order valence-corrected chi connectivity index (χ2v) is 8.04. The largest absolute Gasteiger partial charge is 0.326 e. The number of carbonyl (C=O) groups is 1. The van der Waals surface area contributed by atoms with Crippen molar-refractivity contribution in [1.29, 1.82) is 5.26 Å². The molecular weight excluding hydrogens is 431 g/mol. The van der Waals surface area contributed by atoms with E-state index >= 15 is 0 Å². The van der Waals surface area contributed by atoms with E-state index in [9.17, 15) is 13.2 Å². The van der Waals surface area contributed by atoms with E-state index in [4.69, 9.17) is 5.26 Å². The van der Waals surface area contributed by atoms with Gasteiger partial charge in [0.25, 0.3) is 0 Å². The van der Waals surface area contributed by atoms with Crippen LogP contribution in [0.2, 0.25) is 0 Å². The highest BCUT2D eigenvalue weighted by atomic mass is 127. The molecule has 23 heavy (non-hydrogen) atoms. The molecule has 0 radical (unpaired) electrons. The number of nitriles is 1. The first kappa shape index (κ1) is 18.0. The van der Waals surface area contributed by atoms with Crippen LogP contribution in [0.1, 0.15) is 19.8 Å². The molecule has 1 aromatic rings. The molecule has 9 heteroatoms. The number of nitrogens with zero attached hydrogens (tertiary/aromatic N) is 2. The summed E-state index contributed by atoms with van der Waals surface area (Å²) in [6.45, 7) is 2.65. The highest BCUT2D eigenvalue weighted by Gasteiger charge is 2.28. The minimum Gasteiger partial charge on any atom is -0.326 e. The molecule has 1 aliphatic heterocycles. The fourth-order valence-corrected chi connectivity index (χ4v) is 4.84. The van der Waals surface area contributed by atoms with E-state index in [-0.39, 0.29) is 16.8 Å². The molecule has 1 heterocycles. The Morgan fingerprint density at radius 3 is 2.87 bits per heavy atom. The summed E-state index contributed by atoms with van der Waals surface area (Å²) in [7, 11) is -3.72. The van der Waals surface area contributed by atoms with Gasteiger partial charge in [-0.05, 0) is 47.2 Å². The predicted molar refractivity (Wildman–Crippen MR) is 94.0 cm³/mol. The molecular formula is C14H17IN4O3S. The zero-order chi connectivity index (χ0) is 17.0. The molecule has 0 aliphatic carbocycles. The van der Waals surface area contributed by atoms with Gasteiger partial charge in [0.15, 0.2) is 6.19 Å². The number of sulfonamides is 1. The number of benzene rings is 1. The number of halogens is 1. The number of hydrogen-bond acceptors (Lipinski definition) is 5. The molecule has 2 N–H and O–H groups in total. The molecule has 1 aromatic carbocycles. The quantitative estimate of drug-likeness (QED) is 0.525. The maximum Gasteiger partial charge on any atom is 0.242 e. The Kier molecular flexibility index (Phi) is 5.83. The first-order valence-corrected chi connectivity index (χ1v) is 9.68. The standard InChI is InChI=1S/C14H17IN4O3S/c1-2-14(20)17-10-3-4-12(15)13(7-10)23(21,22)18-11-5-6-19(8-11)9-16/h3-4,7,11,18H,2,5-6,8H2,1H3,(H,17,20)/t11-/m1/s1. The van der Waals surface area contributed by atoms with Crippen molar-refractivity contribution in [2.45, 2.75) is 30.7 Å². The zero-order valence-electron chi connectivity index (χ0n) is 12.5. The van der Waals surface area contributed by atoms with Gasteiger partial charge in [-0.3, -0.25) is 4.79 Å². The summed E-state index contributed by atoms with van der Waals surface area (Å²) in [6, 6.07) is 4.48. The molecule has 0 saturated carbocycles. The summed E-state index contributed by atoms with van der Waals surface area (Å²) in [4.78, 5) is 13.1. The fourth-order valence-electron chi connectivity index (χ4n) is 2.27. The maximum atomic E-state index is 12.6. The van der Waals surface area contributed by atoms with E-state index in [0.717, 1.165) is 0 Å². The smallest absolute Gasteiger partial charge is 0.242 e. The lowest BCUT2D eigenvalue weighted by atomic mass is 10.3. The van der Waals surface area contributed by atoms with Gasteiger partial charge in [0, 0.05) is 34.8 Å². The Morgan fingerprint density at radius 1 is 1.52 bits per heavy atom. The number of rotatable bonds is 5. The molecule has 1 saturated heterocycles. The van der Waals surface area contributed by atoms with Gasteiger partial charge < -0.3 is 10.2 Å². The van der Waals surface area contributed by atoms with Gasteiger partial charge in [-0.25, -0.2) is 13.1 Å². The Balaban J connectivity index is 2.20. The van der Waals surface area contributed by atoms with Crippen molar-refractivity contribution in [3.8, 4) is 6.19 Å². The first-order valence-electron chi connectivity index (χ1n) is 7.12. The van der Waals surface area contributed by atoms with Crippen LogP contribution in [0.15, 0.2) is 23.1 Å². The predicted octanol–water partition coefficient (Wildman–Crippen LogP) is 1.47. The third kappa shape index (κ3) is 4.55. The summed E-state index contributed by atoms with van der Waals surface area (Å²) in [5.74, 6) is -0.178. The monoisotopic (exact) mass is 448 g/mol. The zero-order valence-corrected chi connectivity index (χ0v) is 15.5. The highest BCUT2D eigenvalue weighted by molar-refractivity contribution is 14.1. The van der Waals surface area contributed by atoms with Crippen LogP contribution in [0.3, 0.4) is 0 Å². The minimum atomic E-state index is -3.72. The average Bonchev–Trinajstić information content (AvgIpc) is 2.95. The lowest BCUT2D eigenvalue weighted by Crippen LogP contribution is -2.36. The van der Waals surface area contributed by atoms with Crippen LogP contribution >= 0.6 is 22.6 Å². The molecule has 1 amide bonds. The normalized spacial score (nSPS) is 17.8. The summed E-state index contributed by atoms with van der Waals surface area (Å²) in [5.41, 5.74) is 0.447. The van der Waals surface area contributed by atoms with Crippen molar-refractivity contribution in [1.82, 2.24) is 9.62 Å². The van der Waals surface area contributed by atoms with Gasteiger partial charge in [-0.15, -0.1) is 0 Å². The molecule has 2 rings (SSSR count). The molecule has 0 unspecified atom stereocenters. The van der Waals surface area contributed by atoms with Crippen LogP contribution in [0, 0.1) is 15.0 Å². The van der Waals surface area contributed by atoms with Crippen LogP contribution in [0.4, 0.5) is 5.69 Å². The third-order valence-electron chi connectivity index (χ3n) is 3.48. The second-order valence-electron chi connectivity index (χ2n) is 5.20. The van der Waals surface area contributed by atoms with Gasteiger partial charge in [0.2, 0.25) is 15.9 Å². The van der Waals surface area contributed by atoms with Gasteiger partial charge in [-0.1, -0.05) is 6.92 Å². The topological polar surface area (TPSA) is 102 Å². The van der Waals surface area contributed by atoms with Gasteiger partial charge in [0.05, 0.1) is 4.90 Å². The molecule has 1 fully saturated rings. The Bertz CT molecular complexity index is 745. The number of anilines is 1. The van der Waals surface area contributed by atoms with Crippen molar-refractivity contribution < 1.29 is 13.2 Å². The third-order valence-corrected chi connectivity index (χ3v) is 6.34. The fraction of sp³-hybridized carbons (Fsp3) is 0.429. The number of carbonyl (C=O) groups excluding carboxylic acids is 1. The molecule has 0 bridgehead atoms. The number of amides is 1. The number of nitrogens with one attached hydrogen (secondary N) is 2. The summed E-state index contributed by atoms with van der Waals surface area (Å²) >= 11 is 1.95. The SMILES string of the molecule is CCC(=O)Nc1ccc(I)c(S(=O)(=O)N[C@@H]2CCN(C#N)C2)c1.